The first-order valence-corrected chi connectivity index (χ1v) is 9.03. The summed E-state index contributed by atoms with van der Waals surface area (Å²) in [5, 5.41) is 3.45. The van der Waals surface area contributed by atoms with Gasteiger partial charge in [0.25, 0.3) is 0 Å². The van der Waals surface area contributed by atoms with E-state index < -0.39 is 9.84 Å². The monoisotopic (exact) mass is 286 g/mol. The zero-order chi connectivity index (χ0) is 13.7. The third-order valence-corrected chi connectivity index (χ3v) is 6.70. The second kappa shape index (κ2) is 4.45. The van der Waals surface area contributed by atoms with Crippen LogP contribution in [0.25, 0.3) is 0 Å². The average Bonchev–Trinajstić information content (AvgIpc) is 2.97. The summed E-state index contributed by atoms with van der Waals surface area (Å²) < 4.78 is 23.0. The molecule has 0 bridgehead atoms. The van der Waals surface area contributed by atoms with Crippen LogP contribution in [0.3, 0.4) is 0 Å². The molecule has 3 rings (SSSR count). The molecule has 1 amide bonds. The second-order valence-corrected chi connectivity index (χ2v) is 8.56. The van der Waals surface area contributed by atoms with Crippen molar-refractivity contribution in [3.8, 4) is 0 Å². The van der Waals surface area contributed by atoms with Gasteiger partial charge in [0.15, 0.2) is 9.84 Å². The first kappa shape index (κ1) is 13.4. The number of hydrogen-bond donors (Lipinski definition) is 1. The highest BCUT2D eigenvalue weighted by atomic mass is 32.2. The Balaban J connectivity index is 1.70. The van der Waals surface area contributed by atoms with Crippen LogP contribution in [-0.2, 0) is 14.6 Å². The summed E-state index contributed by atoms with van der Waals surface area (Å²) in [6.45, 7) is 2.60. The smallest absolute Gasteiger partial charge is 0.244 e. The zero-order valence-corrected chi connectivity index (χ0v) is 12.2. The molecule has 1 spiro atoms. The number of sulfone groups is 1. The van der Waals surface area contributed by atoms with Crippen LogP contribution in [-0.4, -0.2) is 49.0 Å². The Morgan fingerprint density at radius 3 is 2.63 bits per heavy atom. The molecule has 3 fully saturated rings. The lowest BCUT2D eigenvalue weighted by atomic mass is 9.97. The number of carbonyl (C=O) groups is 1. The SMILES string of the molecule is CC1NC2(CCCC2)C(=O)N1CC1CCS(=O)(=O)C1. The topological polar surface area (TPSA) is 66.5 Å². The minimum Gasteiger partial charge on any atom is -0.326 e. The van der Waals surface area contributed by atoms with E-state index in [1.54, 1.807) is 0 Å². The maximum absolute atomic E-state index is 12.6. The van der Waals surface area contributed by atoms with Crippen LogP contribution in [0.15, 0.2) is 0 Å². The van der Waals surface area contributed by atoms with Gasteiger partial charge in [-0.25, -0.2) is 8.42 Å². The highest BCUT2D eigenvalue weighted by molar-refractivity contribution is 7.91. The molecule has 2 atom stereocenters. The highest BCUT2D eigenvalue weighted by Gasteiger charge is 2.51. The van der Waals surface area contributed by atoms with E-state index in [0.29, 0.717) is 13.0 Å². The largest absolute Gasteiger partial charge is 0.326 e. The van der Waals surface area contributed by atoms with Crippen LogP contribution in [0.1, 0.15) is 39.0 Å². The van der Waals surface area contributed by atoms with E-state index in [4.69, 9.17) is 0 Å². The number of hydrogen-bond acceptors (Lipinski definition) is 4. The van der Waals surface area contributed by atoms with Crippen molar-refractivity contribution >= 4 is 15.7 Å². The summed E-state index contributed by atoms with van der Waals surface area (Å²) in [5.41, 5.74) is -0.336. The first-order chi connectivity index (χ1) is 8.92. The molecule has 2 saturated heterocycles. The summed E-state index contributed by atoms with van der Waals surface area (Å²) in [4.78, 5) is 14.5. The van der Waals surface area contributed by atoms with Crippen molar-refractivity contribution in [3.05, 3.63) is 0 Å². The summed E-state index contributed by atoms with van der Waals surface area (Å²) in [6.07, 6.45) is 4.81. The van der Waals surface area contributed by atoms with Gasteiger partial charge in [0, 0.05) is 6.54 Å². The molecule has 5 nitrogen and oxygen atoms in total. The third kappa shape index (κ3) is 2.29. The molecule has 2 aliphatic heterocycles. The fraction of sp³-hybridized carbons (Fsp3) is 0.923. The molecular formula is C13H22N2O3S. The maximum Gasteiger partial charge on any atom is 0.244 e. The summed E-state index contributed by atoms with van der Waals surface area (Å²) in [5.74, 6) is 0.847. The average molecular weight is 286 g/mol. The quantitative estimate of drug-likeness (QED) is 0.803. The van der Waals surface area contributed by atoms with E-state index in [1.807, 2.05) is 11.8 Å². The van der Waals surface area contributed by atoms with Gasteiger partial charge in [-0.05, 0) is 32.1 Å². The van der Waals surface area contributed by atoms with Crippen LogP contribution in [0.2, 0.25) is 0 Å². The van der Waals surface area contributed by atoms with Crippen molar-refractivity contribution in [1.82, 2.24) is 10.2 Å². The highest BCUT2D eigenvalue weighted by Crippen LogP contribution is 2.37. The van der Waals surface area contributed by atoms with Crippen LogP contribution in [0.5, 0.6) is 0 Å². The predicted octanol–water partition coefficient (Wildman–Crippen LogP) is 0.512. The van der Waals surface area contributed by atoms with Crippen molar-refractivity contribution in [3.63, 3.8) is 0 Å². The van der Waals surface area contributed by atoms with Gasteiger partial charge in [0.1, 0.15) is 0 Å². The molecule has 1 saturated carbocycles. The minimum atomic E-state index is -2.86. The number of carbonyl (C=O) groups excluding carboxylic acids is 1. The Hall–Kier alpha value is -0.620. The standard InChI is InChI=1S/C13H22N2O3S/c1-10-14-13(5-2-3-6-13)12(16)15(10)8-11-4-7-19(17,18)9-11/h10-11,14H,2-9H2,1H3. The third-order valence-electron chi connectivity index (χ3n) is 4.86. The van der Waals surface area contributed by atoms with E-state index in [0.717, 1.165) is 25.7 Å². The summed E-state index contributed by atoms with van der Waals surface area (Å²) in [7, 11) is -2.86. The fourth-order valence-electron chi connectivity index (χ4n) is 3.86. The lowest BCUT2D eigenvalue weighted by molar-refractivity contribution is -0.133. The van der Waals surface area contributed by atoms with Crippen LogP contribution < -0.4 is 5.32 Å². The van der Waals surface area contributed by atoms with Gasteiger partial charge in [-0.15, -0.1) is 0 Å². The number of amides is 1. The van der Waals surface area contributed by atoms with Gasteiger partial charge in [0.05, 0.1) is 23.2 Å². The van der Waals surface area contributed by atoms with Crippen molar-refractivity contribution < 1.29 is 13.2 Å². The van der Waals surface area contributed by atoms with Gasteiger partial charge in [-0.2, -0.15) is 0 Å². The zero-order valence-electron chi connectivity index (χ0n) is 11.4. The first-order valence-electron chi connectivity index (χ1n) is 7.21. The molecule has 1 N–H and O–H groups in total. The number of rotatable bonds is 2. The van der Waals surface area contributed by atoms with Crippen LogP contribution in [0, 0.1) is 5.92 Å². The Labute approximate surface area is 114 Å². The van der Waals surface area contributed by atoms with E-state index >= 15 is 0 Å². The fourth-order valence-corrected chi connectivity index (χ4v) is 5.71. The van der Waals surface area contributed by atoms with Crippen LogP contribution in [0.4, 0.5) is 0 Å². The van der Waals surface area contributed by atoms with Crippen molar-refractivity contribution in [2.45, 2.75) is 50.7 Å². The van der Waals surface area contributed by atoms with Crippen molar-refractivity contribution in [2.75, 3.05) is 18.1 Å². The molecule has 1 aliphatic carbocycles. The van der Waals surface area contributed by atoms with Crippen LogP contribution >= 0.6 is 0 Å². The van der Waals surface area contributed by atoms with E-state index in [2.05, 4.69) is 5.32 Å². The van der Waals surface area contributed by atoms with Gasteiger partial charge in [-0.3, -0.25) is 10.1 Å². The van der Waals surface area contributed by atoms with Crippen molar-refractivity contribution in [1.29, 1.82) is 0 Å². The minimum absolute atomic E-state index is 0.0360. The lowest BCUT2D eigenvalue weighted by Crippen LogP contribution is -2.44. The van der Waals surface area contributed by atoms with Gasteiger partial charge in [-0.1, -0.05) is 12.8 Å². The molecule has 108 valence electrons. The molecule has 0 aromatic rings. The van der Waals surface area contributed by atoms with E-state index in [1.165, 1.54) is 0 Å². The summed E-state index contributed by atoms with van der Waals surface area (Å²) in [6, 6.07) is 0. The maximum atomic E-state index is 12.6. The van der Waals surface area contributed by atoms with Gasteiger partial charge < -0.3 is 4.90 Å². The Kier molecular flexibility index (Phi) is 3.13. The van der Waals surface area contributed by atoms with Gasteiger partial charge in [0.2, 0.25) is 5.91 Å². The molecule has 0 aromatic carbocycles. The van der Waals surface area contributed by atoms with E-state index in [-0.39, 0.29) is 35.0 Å². The van der Waals surface area contributed by atoms with Crippen molar-refractivity contribution in [2.24, 2.45) is 5.92 Å². The predicted molar refractivity (Wildman–Crippen MR) is 72.3 cm³/mol. The molecule has 2 heterocycles. The normalized spacial score (nSPS) is 36.5. The Morgan fingerprint density at radius 2 is 2.05 bits per heavy atom. The number of nitrogens with zero attached hydrogens (tertiary/aromatic N) is 1. The summed E-state index contributed by atoms with van der Waals surface area (Å²) >= 11 is 0. The molecule has 6 heteroatoms. The Morgan fingerprint density at radius 1 is 1.37 bits per heavy atom. The van der Waals surface area contributed by atoms with Gasteiger partial charge >= 0.3 is 0 Å². The Bertz CT molecular complexity index is 482. The molecule has 0 radical (unpaired) electrons. The lowest BCUT2D eigenvalue weighted by Gasteiger charge is -2.24. The van der Waals surface area contributed by atoms with E-state index in [9.17, 15) is 13.2 Å². The molecule has 3 aliphatic rings. The molecule has 2 unspecified atom stereocenters. The molecule has 19 heavy (non-hydrogen) atoms. The molecule has 0 aromatic heterocycles. The second-order valence-electron chi connectivity index (χ2n) is 6.34. The molecular weight excluding hydrogens is 264 g/mol. The number of nitrogens with one attached hydrogen (secondary N) is 1.